The molecule has 3 nitrogen and oxygen atoms in total. The predicted octanol–water partition coefficient (Wildman–Crippen LogP) is 1.15. The number of nitrogens with one attached hydrogen (secondary N) is 1. The Bertz CT molecular complexity index is 217. The fourth-order valence-corrected chi connectivity index (χ4v) is 3.03. The lowest BCUT2D eigenvalue weighted by Crippen LogP contribution is -2.48. The second-order valence-corrected chi connectivity index (χ2v) is 5.84. The van der Waals surface area contributed by atoms with Crippen molar-refractivity contribution in [2.75, 3.05) is 33.2 Å². The van der Waals surface area contributed by atoms with E-state index in [0.29, 0.717) is 6.04 Å². The zero-order chi connectivity index (χ0) is 11.5. The maximum atomic E-state index is 3.85. The van der Waals surface area contributed by atoms with Gasteiger partial charge in [0.2, 0.25) is 0 Å². The molecule has 0 bridgehead atoms. The number of hydrogen-bond acceptors (Lipinski definition) is 3. The van der Waals surface area contributed by atoms with Gasteiger partial charge in [-0.15, -0.1) is 0 Å². The van der Waals surface area contributed by atoms with Gasteiger partial charge in [0.15, 0.2) is 0 Å². The van der Waals surface area contributed by atoms with Crippen LogP contribution in [-0.2, 0) is 0 Å². The lowest BCUT2D eigenvalue weighted by Gasteiger charge is -2.32. The van der Waals surface area contributed by atoms with E-state index in [-0.39, 0.29) is 0 Å². The summed E-state index contributed by atoms with van der Waals surface area (Å²) in [6.07, 6.45) is 4.05. The molecule has 2 heterocycles. The fraction of sp³-hybridized carbons (Fsp3) is 1.00. The lowest BCUT2D eigenvalue weighted by molar-refractivity contribution is 0.211. The summed E-state index contributed by atoms with van der Waals surface area (Å²) in [6.45, 7) is 9.64. The first-order valence-corrected chi connectivity index (χ1v) is 6.84. The summed E-state index contributed by atoms with van der Waals surface area (Å²) < 4.78 is 0. The van der Waals surface area contributed by atoms with Crippen LogP contribution in [0, 0.1) is 0 Å². The minimum Gasteiger partial charge on any atom is -0.309 e. The van der Waals surface area contributed by atoms with E-state index in [1.165, 1.54) is 45.4 Å². The van der Waals surface area contributed by atoms with Gasteiger partial charge in [0.05, 0.1) is 0 Å². The van der Waals surface area contributed by atoms with Gasteiger partial charge in [-0.25, -0.2) is 0 Å². The van der Waals surface area contributed by atoms with Gasteiger partial charge in [-0.3, -0.25) is 4.90 Å². The van der Waals surface area contributed by atoms with Gasteiger partial charge >= 0.3 is 0 Å². The molecule has 2 fully saturated rings. The second kappa shape index (κ2) is 5.48. The van der Waals surface area contributed by atoms with Crippen LogP contribution in [0.1, 0.15) is 33.1 Å². The molecule has 0 aliphatic carbocycles. The number of rotatable bonds is 3. The number of hydrogen-bond donors (Lipinski definition) is 1. The molecule has 0 aromatic rings. The van der Waals surface area contributed by atoms with Crippen molar-refractivity contribution >= 4 is 0 Å². The van der Waals surface area contributed by atoms with Crippen LogP contribution in [0.3, 0.4) is 0 Å². The van der Waals surface area contributed by atoms with Gasteiger partial charge in [-0.1, -0.05) is 0 Å². The van der Waals surface area contributed by atoms with Crippen molar-refractivity contribution in [1.82, 2.24) is 15.1 Å². The molecule has 2 rings (SSSR count). The molecule has 2 unspecified atom stereocenters. The van der Waals surface area contributed by atoms with E-state index >= 15 is 0 Å². The summed E-state index contributed by atoms with van der Waals surface area (Å²) in [6, 6.07) is 2.18. The third kappa shape index (κ3) is 3.19. The summed E-state index contributed by atoms with van der Waals surface area (Å²) in [5.41, 5.74) is 0. The van der Waals surface area contributed by atoms with E-state index < -0.39 is 0 Å². The Balaban J connectivity index is 1.74. The van der Waals surface area contributed by atoms with Crippen molar-refractivity contribution in [1.29, 1.82) is 0 Å². The van der Waals surface area contributed by atoms with E-state index in [4.69, 9.17) is 0 Å². The molecule has 94 valence electrons. The van der Waals surface area contributed by atoms with Crippen LogP contribution < -0.4 is 5.32 Å². The third-order valence-electron chi connectivity index (χ3n) is 4.05. The fourth-order valence-electron chi connectivity index (χ4n) is 3.03. The Morgan fingerprint density at radius 3 is 2.44 bits per heavy atom. The first-order valence-electron chi connectivity index (χ1n) is 6.84. The third-order valence-corrected chi connectivity index (χ3v) is 4.05. The molecule has 1 N–H and O–H groups in total. The highest BCUT2D eigenvalue weighted by atomic mass is 15.2. The molecule has 2 aliphatic rings. The molecule has 2 atom stereocenters. The van der Waals surface area contributed by atoms with Gasteiger partial charge in [0.1, 0.15) is 0 Å². The van der Waals surface area contributed by atoms with Crippen LogP contribution in [0.15, 0.2) is 0 Å². The molecule has 0 amide bonds. The number of likely N-dealkylation sites (N-methyl/N-ethyl adjacent to an activating group) is 1. The van der Waals surface area contributed by atoms with Gasteiger partial charge in [0.25, 0.3) is 0 Å². The molecule has 0 saturated carbocycles. The highest BCUT2D eigenvalue weighted by Crippen LogP contribution is 2.15. The zero-order valence-electron chi connectivity index (χ0n) is 11.1. The number of piperidine rings is 1. The minimum atomic E-state index is 0.709. The summed E-state index contributed by atoms with van der Waals surface area (Å²) in [4.78, 5) is 5.04. The average Bonchev–Trinajstić information content (AvgIpc) is 2.66. The Labute approximate surface area is 100 Å². The first kappa shape index (κ1) is 12.3. The molecule has 16 heavy (non-hydrogen) atoms. The quantitative estimate of drug-likeness (QED) is 0.777. The summed E-state index contributed by atoms with van der Waals surface area (Å²) in [5, 5.41) is 3.85. The average molecular weight is 225 g/mol. The monoisotopic (exact) mass is 225 g/mol. The standard InChI is InChI=1S/C13H27N3/c1-11(2)16-8-6-13(10-16)14-12-5-4-7-15(3)9-12/h11-14H,4-10H2,1-3H3. The molecule has 0 aromatic carbocycles. The normalized spacial score (nSPS) is 33.8. The van der Waals surface area contributed by atoms with Gasteiger partial charge < -0.3 is 10.2 Å². The van der Waals surface area contributed by atoms with E-state index in [0.717, 1.165) is 12.1 Å². The van der Waals surface area contributed by atoms with Crippen LogP contribution in [0.2, 0.25) is 0 Å². The van der Waals surface area contributed by atoms with Crippen molar-refractivity contribution in [3.63, 3.8) is 0 Å². The van der Waals surface area contributed by atoms with E-state index in [9.17, 15) is 0 Å². The summed E-state index contributed by atoms with van der Waals surface area (Å²) >= 11 is 0. The smallest absolute Gasteiger partial charge is 0.0210 e. The lowest BCUT2D eigenvalue weighted by atomic mass is 10.1. The maximum absolute atomic E-state index is 3.85. The maximum Gasteiger partial charge on any atom is 0.0210 e. The molecule has 2 saturated heterocycles. The van der Waals surface area contributed by atoms with Crippen molar-refractivity contribution in [3.8, 4) is 0 Å². The zero-order valence-corrected chi connectivity index (χ0v) is 11.1. The van der Waals surface area contributed by atoms with Crippen LogP contribution in [0.25, 0.3) is 0 Å². The second-order valence-electron chi connectivity index (χ2n) is 5.84. The van der Waals surface area contributed by atoms with Gasteiger partial charge in [0, 0.05) is 31.2 Å². The van der Waals surface area contributed by atoms with E-state index in [1.807, 2.05) is 0 Å². The first-order chi connectivity index (χ1) is 7.65. The van der Waals surface area contributed by atoms with Gasteiger partial charge in [-0.2, -0.15) is 0 Å². The Kier molecular flexibility index (Phi) is 4.22. The molecule has 2 aliphatic heterocycles. The molecule has 3 heteroatoms. The number of likely N-dealkylation sites (tertiary alicyclic amines) is 2. The van der Waals surface area contributed by atoms with Crippen molar-refractivity contribution in [2.24, 2.45) is 0 Å². The van der Waals surface area contributed by atoms with E-state index in [2.05, 4.69) is 36.0 Å². The molecule has 0 spiro atoms. The highest BCUT2D eigenvalue weighted by molar-refractivity contribution is 4.87. The summed E-state index contributed by atoms with van der Waals surface area (Å²) in [7, 11) is 2.24. The highest BCUT2D eigenvalue weighted by Gasteiger charge is 2.27. The Morgan fingerprint density at radius 1 is 1.06 bits per heavy atom. The van der Waals surface area contributed by atoms with Crippen LogP contribution in [0.5, 0.6) is 0 Å². The summed E-state index contributed by atoms with van der Waals surface area (Å²) in [5.74, 6) is 0. The minimum absolute atomic E-state index is 0.709. The molecule has 0 radical (unpaired) electrons. The Morgan fingerprint density at radius 2 is 1.81 bits per heavy atom. The van der Waals surface area contributed by atoms with Crippen molar-refractivity contribution < 1.29 is 0 Å². The molecular formula is C13H27N3. The number of nitrogens with zero attached hydrogens (tertiary/aromatic N) is 2. The van der Waals surface area contributed by atoms with Crippen LogP contribution in [0.4, 0.5) is 0 Å². The van der Waals surface area contributed by atoms with E-state index in [1.54, 1.807) is 0 Å². The van der Waals surface area contributed by atoms with Crippen LogP contribution in [-0.4, -0.2) is 61.2 Å². The molecule has 0 aromatic heterocycles. The SMILES string of the molecule is CC(C)N1CCC(NC2CCCN(C)C2)C1. The van der Waals surface area contributed by atoms with Crippen molar-refractivity contribution in [3.05, 3.63) is 0 Å². The largest absolute Gasteiger partial charge is 0.309 e. The Hall–Kier alpha value is -0.120. The molecular weight excluding hydrogens is 198 g/mol. The van der Waals surface area contributed by atoms with Crippen LogP contribution >= 0.6 is 0 Å². The topological polar surface area (TPSA) is 18.5 Å². The predicted molar refractivity (Wildman–Crippen MR) is 68.8 cm³/mol. The van der Waals surface area contributed by atoms with Crippen molar-refractivity contribution in [2.45, 2.75) is 51.2 Å². The van der Waals surface area contributed by atoms with Gasteiger partial charge in [-0.05, 0) is 53.2 Å².